The van der Waals surface area contributed by atoms with Gasteiger partial charge in [-0.3, -0.25) is 9.59 Å². The number of piperidine rings is 2. The summed E-state index contributed by atoms with van der Waals surface area (Å²) in [5, 5.41) is 7.74. The average molecular weight is 441 g/mol. The Morgan fingerprint density at radius 2 is 1.94 bits per heavy atom. The molecule has 2 aliphatic rings. The van der Waals surface area contributed by atoms with Crippen LogP contribution in [-0.4, -0.2) is 55.2 Å². The van der Waals surface area contributed by atoms with Crippen molar-refractivity contribution in [1.29, 1.82) is 0 Å². The SMILES string of the molecule is COc1ccc(-c2cc(CC3CNCCC3CC(=O)N3CCC(C(N)=O)CC3)no2)cc1. The Hall–Kier alpha value is -2.87. The van der Waals surface area contributed by atoms with Gasteiger partial charge in [0.25, 0.3) is 0 Å². The minimum absolute atomic E-state index is 0.0993. The van der Waals surface area contributed by atoms with Gasteiger partial charge in [0.15, 0.2) is 5.76 Å². The first-order chi connectivity index (χ1) is 15.5. The smallest absolute Gasteiger partial charge is 0.222 e. The average Bonchev–Trinajstić information content (AvgIpc) is 3.29. The van der Waals surface area contributed by atoms with Crippen LogP contribution < -0.4 is 15.8 Å². The quantitative estimate of drug-likeness (QED) is 0.683. The Labute approximate surface area is 188 Å². The predicted molar refractivity (Wildman–Crippen MR) is 120 cm³/mol. The number of carbonyl (C=O) groups excluding carboxylic acids is 2. The van der Waals surface area contributed by atoms with Gasteiger partial charge in [-0.2, -0.15) is 0 Å². The standard InChI is InChI=1S/C24H32N4O4/c1-31-21-4-2-16(3-5-21)22-14-20(27-32-22)12-19-15-26-9-6-18(19)13-23(29)28-10-7-17(8-11-28)24(25)30/h2-5,14,17-19,26H,6-13,15H2,1H3,(H2,25,30). The second kappa shape index (κ2) is 10.2. The number of carbonyl (C=O) groups is 2. The number of nitrogens with zero attached hydrogens (tertiary/aromatic N) is 2. The first-order valence-corrected chi connectivity index (χ1v) is 11.4. The molecule has 172 valence electrons. The molecule has 2 unspecified atom stereocenters. The molecule has 3 N–H and O–H groups in total. The highest BCUT2D eigenvalue weighted by molar-refractivity contribution is 5.79. The van der Waals surface area contributed by atoms with Crippen molar-refractivity contribution >= 4 is 11.8 Å². The fourth-order valence-corrected chi connectivity index (χ4v) is 4.82. The molecule has 2 amide bonds. The number of hydrogen-bond donors (Lipinski definition) is 2. The molecule has 0 aliphatic carbocycles. The minimum Gasteiger partial charge on any atom is -0.497 e. The van der Waals surface area contributed by atoms with Gasteiger partial charge >= 0.3 is 0 Å². The fraction of sp³-hybridized carbons (Fsp3) is 0.542. The molecule has 0 spiro atoms. The van der Waals surface area contributed by atoms with Crippen LogP contribution in [-0.2, 0) is 16.0 Å². The largest absolute Gasteiger partial charge is 0.497 e. The summed E-state index contributed by atoms with van der Waals surface area (Å²) in [6.45, 7) is 3.04. The summed E-state index contributed by atoms with van der Waals surface area (Å²) >= 11 is 0. The molecule has 32 heavy (non-hydrogen) atoms. The normalized spacial score (nSPS) is 22.0. The number of nitrogens with one attached hydrogen (secondary N) is 1. The van der Waals surface area contributed by atoms with Crippen LogP contribution in [0.5, 0.6) is 5.75 Å². The third kappa shape index (κ3) is 5.30. The van der Waals surface area contributed by atoms with E-state index < -0.39 is 0 Å². The molecule has 8 heteroatoms. The first-order valence-electron chi connectivity index (χ1n) is 11.4. The summed E-state index contributed by atoms with van der Waals surface area (Å²) < 4.78 is 10.8. The zero-order chi connectivity index (χ0) is 22.5. The highest BCUT2D eigenvalue weighted by atomic mass is 16.5. The van der Waals surface area contributed by atoms with Crippen molar-refractivity contribution < 1.29 is 18.8 Å². The van der Waals surface area contributed by atoms with Crippen molar-refractivity contribution in [3.63, 3.8) is 0 Å². The van der Waals surface area contributed by atoms with Gasteiger partial charge in [-0.05, 0) is 74.9 Å². The lowest BCUT2D eigenvalue weighted by molar-refractivity contribution is -0.136. The van der Waals surface area contributed by atoms with Crippen molar-refractivity contribution in [2.24, 2.45) is 23.5 Å². The summed E-state index contributed by atoms with van der Waals surface area (Å²) in [5.41, 5.74) is 7.28. The molecule has 0 radical (unpaired) electrons. The van der Waals surface area contributed by atoms with Gasteiger partial charge in [-0.1, -0.05) is 5.16 Å². The first kappa shape index (κ1) is 22.3. The molecular formula is C24H32N4O4. The van der Waals surface area contributed by atoms with E-state index in [1.807, 2.05) is 35.2 Å². The molecule has 4 rings (SSSR count). The lowest BCUT2D eigenvalue weighted by Gasteiger charge is -2.35. The van der Waals surface area contributed by atoms with E-state index in [1.165, 1.54) is 0 Å². The molecule has 3 heterocycles. The van der Waals surface area contributed by atoms with E-state index in [1.54, 1.807) is 7.11 Å². The van der Waals surface area contributed by atoms with Gasteiger partial charge in [0.05, 0.1) is 12.8 Å². The Bertz CT molecular complexity index is 918. The molecule has 1 aromatic heterocycles. The van der Waals surface area contributed by atoms with Gasteiger partial charge in [0, 0.05) is 37.1 Å². The number of hydrogen-bond acceptors (Lipinski definition) is 6. The monoisotopic (exact) mass is 440 g/mol. The van der Waals surface area contributed by atoms with Crippen molar-refractivity contribution in [2.45, 2.75) is 32.1 Å². The van der Waals surface area contributed by atoms with Crippen LogP contribution in [0.25, 0.3) is 11.3 Å². The molecule has 2 atom stereocenters. The molecule has 2 aliphatic heterocycles. The summed E-state index contributed by atoms with van der Waals surface area (Å²) in [5.74, 6) is 1.99. The molecule has 2 fully saturated rings. The lowest BCUT2D eigenvalue weighted by atomic mass is 9.80. The fourth-order valence-electron chi connectivity index (χ4n) is 4.82. The van der Waals surface area contributed by atoms with Gasteiger partial charge in [-0.25, -0.2) is 0 Å². The number of nitrogens with two attached hydrogens (primary N) is 1. The lowest BCUT2D eigenvalue weighted by Crippen LogP contribution is -2.44. The van der Waals surface area contributed by atoms with Crippen molar-refractivity contribution in [3.8, 4) is 17.1 Å². The zero-order valence-electron chi connectivity index (χ0n) is 18.6. The molecule has 0 saturated carbocycles. The number of aromatic nitrogens is 1. The topological polar surface area (TPSA) is 111 Å². The molecular weight excluding hydrogens is 408 g/mol. The maximum Gasteiger partial charge on any atom is 0.222 e. The van der Waals surface area contributed by atoms with Crippen LogP contribution in [0.2, 0.25) is 0 Å². The maximum absolute atomic E-state index is 12.9. The van der Waals surface area contributed by atoms with Gasteiger partial charge in [0.2, 0.25) is 11.8 Å². The van der Waals surface area contributed by atoms with Crippen LogP contribution in [0.4, 0.5) is 0 Å². The Morgan fingerprint density at radius 3 is 2.62 bits per heavy atom. The molecule has 2 aromatic rings. The second-order valence-electron chi connectivity index (χ2n) is 8.89. The van der Waals surface area contributed by atoms with Crippen LogP contribution in [0.15, 0.2) is 34.9 Å². The number of amides is 2. The van der Waals surface area contributed by atoms with E-state index in [2.05, 4.69) is 10.5 Å². The van der Waals surface area contributed by atoms with Gasteiger partial charge < -0.3 is 25.2 Å². The number of rotatable bonds is 7. The summed E-state index contributed by atoms with van der Waals surface area (Å²) in [6, 6.07) is 9.69. The maximum atomic E-state index is 12.9. The van der Waals surface area contributed by atoms with Gasteiger partial charge in [0.1, 0.15) is 5.75 Å². The second-order valence-corrected chi connectivity index (χ2v) is 8.89. The van der Waals surface area contributed by atoms with E-state index >= 15 is 0 Å². The van der Waals surface area contributed by atoms with E-state index in [-0.39, 0.29) is 17.7 Å². The number of benzene rings is 1. The van der Waals surface area contributed by atoms with Crippen molar-refractivity contribution in [1.82, 2.24) is 15.4 Å². The van der Waals surface area contributed by atoms with Crippen LogP contribution in [0.3, 0.4) is 0 Å². The van der Waals surface area contributed by atoms with Crippen LogP contribution >= 0.6 is 0 Å². The number of primary amides is 1. The van der Waals surface area contributed by atoms with E-state index in [4.69, 9.17) is 15.0 Å². The third-order valence-electron chi connectivity index (χ3n) is 6.86. The summed E-state index contributed by atoms with van der Waals surface area (Å²) in [6.07, 6.45) is 3.62. The molecule has 1 aromatic carbocycles. The van der Waals surface area contributed by atoms with Gasteiger partial charge in [-0.15, -0.1) is 0 Å². The molecule has 2 saturated heterocycles. The highest BCUT2D eigenvalue weighted by Crippen LogP contribution is 2.30. The van der Waals surface area contributed by atoms with Crippen LogP contribution in [0, 0.1) is 17.8 Å². The summed E-state index contributed by atoms with van der Waals surface area (Å²) in [7, 11) is 1.64. The number of likely N-dealkylation sites (tertiary alicyclic amines) is 1. The number of ether oxygens (including phenoxy) is 1. The van der Waals surface area contributed by atoms with E-state index in [9.17, 15) is 9.59 Å². The zero-order valence-corrected chi connectivity index (χ0v) is 18.6. The Morgan fingerprint density at radius 1 is 1.19 bits per heavy atom. The number of methoxy groups -OCH3 is 1. The Kier molecular flexibility index (Phi) is 7.09. The summed E-state index contributed by atoms with van der Waals surface area (Å²) in [4.78, 5) is 26.2. The predicted octanol–water partition coefficient (Wildman–Crippen LogP) is 2.23. The van der Waals surface area contributed by atoms with E-state index in [0.717, 1.165) is 48.7 Å². The molecule has 0 bridgehead atoms. The van der Waals surface area contributed by atoms with Crippen molar-refractivity contribution in [2.75, 3.05) is 33.3 Å². The Balaban J connectivity index is 1.35. The minimum atomic E-state index is -0.253. The van der Waals surface area contributed by atoms with Crippen LogP contribution in [0.1, 0.15) is 31.4 Å². The van der Waals surface area contributed by atoms with Crippen molar-refractivity contribution in [3.05, 3.63) is 36.0 Å². The highest BCUT2D eigenvalue weighted by Gasteiger charge is 2.31. The van der Waals surface area contributed by atoms with E-state index in [0.29, 0.717) is 44.2 Å². The third-order valence-corrected chi connectivity index (χ3v) is 6.86. The molecule has 8 nitrogen and oxygen atoms in total.